The Hall–Kier alpha value is -1.86. The van der Waals surface area contributed by atoms with E-state index in [-0.39, 0.29) is 0 Å². The summed E-state index contributed by atoms with van der Waals surface area (Å²) in [6, 6.07) is 6.76. The first kappa shape index (κ1) is 17.3. The second-order valence-corrected chi connectivity index (χ2v) is 8.04. The minimum atomic E-state index is 0.379. The van der Waals surface area contributed by atoms with Gasteiger partial charge in [-0.05, 0) is 55.6 Å². The molecule has 0 bridgehead atoms. The molecule has 3 aliphatic heterocycles. The maximum Gasteiger partial charge on any atom is 0.199 e. The molecule has 0 unspecified atom stereocenters. The van der Waals surface area contributed by atoms with Gasteiger partial charge >= 0.3 is 0 Å². The molecule has 2 aromatic rings. The summed E-state index contributed by atoms with van der Waals surface area (Å²) in [5.74, 6) is 2.89. The van der Waals surface area contributed by atoms with E-state index in [9.17, 15) is 0 Å². The van der Waals surface area contributed by atoms with Gasteiger partial charge in [0.15, 0.2) is 16.3 Å². The zero-order valence-corrected chi connectivity index (χ0v) is 16.4. The highest BCUT2D eigenvalue weighted by atomic mass is 32.1. The molecule has 1 aromatic carbocycles. The van der Waals surface area contributed by atoms with Crippen molar-refractivity contribution in [2.75, 3.05) is 19.8 Å². The molecular formula is C20H26N4O2S. The SMILES string of the molecule is S=c1n(CN2CCC[C@@H]2c2ccc3c(c2)OCCO3)nc2n1CCCCC2. The lowest BCUT2D eigenvalue weighted by molar-refractivity contribution is 0.168. The molecule has 27 heavy (non-hydrogen) atoms. The molecule has 0 saturated carbocycles. The second-order valence-electron chi connectivity index (χ2n) is 7.68. The van der Waals surface area contributed by atoms with Crippen LogP contribution in [-0.2, 0) is 19.6 Å². The number of aromatic nitrogens is 3. The molecule has 6 nitrogen and oxygen atoms in total. The quantitative estimate of drug-likeness (QED) is 0.753. The van der Waals surface area contributed by atoms with Crippen LogP contribution < -0.4 is 9.47 Å². The highest BCUT2D eigenvalue weighted by Crippen LogP contribution is 2.38. The summed E-state index contributed by atoms with van der Waals surface area (Å²) in [5, 5.41) is 4.86. The van der Waals surface area contributed by atoms with Gasteiger partial charge in [0.2, 0.25) is 0 Å². The third kappa shape index (κ3) is 3.27. The van der Waals surface area contributed by atoms with Crippen LogP contribution in [0.3, 0.4) is 0 Å². The Morgan fingerprint density at radius 1 is 1.04 bits per heavy atom. The van der Waals surface area contributed by atoms with Crippen LogP contribution in [0, 0.1) is 4.77 Å². The summed E-state index contributed by atoms with van der Waals surface area (Å²) in [5.41, 5.74) is 1.30. The minimum absolute atomic E-state index is 0.379. The van der Waals surface area contributed by atoms with Crippen LogP contribution in [0.15, 0.2) is 18.2 Å². The highest BCUT2D eigenvalue weighted by molar-refractivity contribution is 7.71. The number of hydrogen-bond acceptors (Lipinski definition) is 5. The molecule has 0 N–H and O–H groups in total. The van der Waals surface area contributed by atoms with Crippen LogP contribution in [0.4, 0.5) is 0 Å². The number of ether oxygens (including phenoxy) is 2. The molecule has 0 spiro atoms. The maximum absolute atomic E-state index is 5.78. The fraction of sp³-hybridized carbons (Fsp3) is 0.600. The average molecular weight is 387 g/mol. The molecule has 144 valence electrons. The van der Waals surface area contributed by atoms with Gasteiger partial charge < -0.3 is 14.0 Å². The van der Waals surface area contributed by atoms with Gasteiger partial charge in [-0.3, -0.25) is 4.90 Å². The molecule has 0 radical (unpaired) electrons. The first-order valence-corrected chi connectivity index (χ1v) is 10.5. The van der Waals surface area contributed by atoms with Gasteiger partial charge in [-0.2, -0.15) is 5.10 Å². The van der Waals surface area contributed by atoms with Crippen molar-refractivity contribution in [3.05, 3.63) is 34.4 Å². The first-order chi connectivity index (χ1) is 13.3. The lowest BCUT2D eigenvalue weighted by atomic mass is 10.0. The van der Waals surface area contributed by atoms with Crippen LogP contribution in [-0.4, -0.2) is 39.0 Å². The van der Waals surface area contributed by atoms with E-state index < -0.39 is 0 Å². The number of benzene rings is 1. The summed E-state index contributed by atoms with van der Waals surface area (Å²) in [6.45, 7) is 4.10. The van der Waals surface area contributed by atoms with Crippen LogP contribution in [0.25, 0.3) is 0 Å². The Morgan fingerprint density at radius 2 is 1.93 bits per heavy atom. The second kappa shape index (κ2) is 7.28. The first-order valence-electron chi connectivity index (χ1n) is 10.1. The Morgan fingerprint density at radius 3 is 2.85 bits per heavy atom. The molecule has 4 heterocycles. The van der Waals surface area contributed by atoms with E-state index >= 15 is 0 Å². The molecule has 0 aliphatic carbocycles. The molecule has 3 aliphatic rings. The molecule has 1 atom stereocenters. The van der Waals surface area contributed by atoms with Crippen molar-refractivity contribution >= 4 is 12.2 Å². The number of nitrogens with zero attached hydrogens (tertiary/aromatic N) is 4. The lowest BCUT2D eigenvalue weighted by Crippen LogP contribution is -2.27. The van der Waals surface area contributed by atoms with Gasteiger partial charge in [-0.15, -0.1) is 0 Å². The van der Waals surface area contributed by atoms with Crippen molar-refractivity contribution in [2.45, 2.75) is 57.8 Å². The standard InChI is InChI=1S/C20H26N4O2S/c27-20-23-10-3-1-2-6-19(23)21-24(20)14-22-9-4-5-16(22)15-7-8-17-18(13-15)26-12-11-25-17/h7-8,13,16H,1-6,9-12,14H2/t16-/m1/s1. The highest BCUT2D eigenvalue weighted by Gasteiger charge is 2.28. The van der Waals surface area contributed by atoms with Crippen molar-refractivity contribution < 1.29 is 9.47 Å². The summed E-state index contributed by atoms with van der Waals surface area (Å²) >= 11 is 5.74. The van der Waals surface area contributed by atoms with Crippen LogP contribution in [0.5, 0.6) is 11.5 Å². The Labute approximate surface area is 164 Å². The lowest BCUT2D eigenvalue weighted by Gasteiger charge is -2.26. The third-order valence-corrected chi connectivity index (χ3v) is 6.34. The molecule has 7 heteroatoms. The van der Waals surface area contributed by atoms with Crippen molar-refractivity contribution in [3.63, 3.8) is 0 Å². The van der Waals surface area contributed by atoms with Gasteiger partial charge in [0, 0.05) is 25.6 Å². The number of likely N-dealkylation sites (tertiary alicyclic amines) is 1. The molecule has 0 amide bonds. The topological polar surface area (TPSA) is 44.4 Å². The van der Waals surface area contributed by atoms with Gasteiger partial charge in [-0.25, -0.2) is 4.68 Å². The van der Waals surface area contributed by atoms with E-state index in [1.165, 1.54) is 31.2 Å². The molecule has 1 fully saturated rings. The molecular weight excluding hydrogens is 360 g/mol. The van der Waals surface area contributed by atoms with Gasteiger partial charge in [-0.1, -0.05) is 12.5 Å². The van der Waals surface area contributed by atoms with Crippen molar-refractivity contribution in [3.8, 4) is 11.5 Å². The summed E-state index contributed by atoms with van der Waals surface area (Å²) in [6.07, 6.45) is 7.09. The fourth-order valence-electron chi connectivity index (χ4n) is 4.53. The summed E-state index contributed by atoms with van der Waals surface area (Å²) in [4.78, 5) is 2.49. The number of hydrogen-bond donors (Lipinski definition) is 0. The van der Waals surface area contributed by atoms with Crippen molar-refractivity contribution in [1.29, 1.82) is 0 Å². The average Bonchev–Trinajstić information content (AvgIpc) is 3.18. The Bertz CT molecular complexity index is 891. The zero-order valence-electron chi connectivity index (χ0n) is 15.6. The fourth-order valence-corrected chi connectivity index (χ4v) is 4.82. The van der Waals surface area contributed by atoms with Crippen LogP contribution in [0.2, 0.25) is 0 Å². The monoisotopic (exact) mass is 386 g/mol. The van der Waals surface area contributed by atoms with Crippen LogP contribution >= 0.6 is 12.2 Å². The predicted octanol–water partition coefficient (Wildman–Crippen LogP) is 3.71. The van der Waals surface area contributed by atoms with Gasteiger partial charge in [0.1, 0.15) is 19.0 Å². The molecule has 1 aromatic heterocycles. The smallest absolute Gasteiger partial charge is 0.199 e. The van der Waals surface area contributed by atoms with Crippen LogP contribution in [0.1, 0.15) is 49.5 Å². The molecule has 1 saturated heterocycles. The zero-order chi connectivity index (χ0) is 18.2. The van der Waals surface area contributed by atoms with Crippen molar-refractivity contribution in [1.82, 2.24) is 19.2 Å². The predicted molar refractivity (Wildman–Crippen MR) is 105 cm³/mol. The maximum atomic E-state index is 5.78. The van der Waals surface area contributed by atoms with Crippen molar-refractivity contribution in [2.24, 2.45) is 0 Å². The van der Waals surface area contributed by atoms with E-state index in [0.717, 1.165) is 54.7 Å². The third-order valence-electron chi connectivity index (χ3n) is 5.91. The normalized spacial score (nSPS) is 22.4. The summed E-state index contributed by atoms with van der Waals surface area (Å²) < 4.78 is 16.6. The minimum Gasteiger partial charge on any atom is -0.486 e. The van der Waals surface area contributed by atoms with E-state index in [1.54, 1.807) is 0 Å². The van der Waals surface area contributed by atoms with E-state index in [1.807, 2.05) is 10.7 Å². The summed E-state index contributed by atoms with van der Waals surface area (Å²) in [7, 11) is 0. The van der Waals surface area contributed by atoms with Gasteiger partial charge in [0.25, 0.3) is 0 Å². The largest absolute Gasteiger partial charge is 0.486 e. The van der Waals surface area contributed by atoms with E-state index in [2.05, 4.69) is 21.6 Å². The Kier molecular flexibility index (Phi) is 4.65. The number of fused-ring (bicyclic) bond motifs is 2. The van der Waals surface area contributed by atoms with E-state index in [4.69, 9.17) is 26.8 Å². The van der Waals surface area contributed by atoms with Gasteiger partial charge in [0.05, 0.1) is 6.67 Å². The van der Waals surface area contributed by atoms with E-state index in [0.29, 0.717) is 19.3 Å². The Balaban J connectivity index is 1.38. The molecule has 5 rings (SSSR count). The number of rotatable bonds is 3. The number of aryl methyl sites for hydroxylation is 1.